The lowest BCUT2D eigenvalue weighted by Crippen LogP contribution is -2.18. The Morgan fingerprint density at radius 3 is 2.43 bits per heavy atom. The van der Waals surface area contributed by atoms with Gasteiger partial charge in [0.1, 0.15) is 5.82 Å². The molecule has 2 aromatic rings. The summed E-state index contributed by atoms with van der Waals surface area (Å²) in [7, 11) is 0. The maximum absolute atomic E-state index is 13.5. The zero-order valence-electron chi connectivity index (χ0n) is 11.3. The molecule has 0 fully saturated rings. The number of hydrogen-bond donors (Lipinski definition) is 1. The molecule has 0 saturated heterocycles. The van der Waals surface area contributed by atoms with Gasteiger partial charge >= 0.3 is 5.69 Å². The number of hydrogen-bond acceptors (Lipinski definition) is 3. The van der Waals surface area contributed by atoms with Crippen LogP contribution in [0.5, 0.6) is 0 Å². The van der Waals surface area contributed by atoms with Crippen molar-refractivity contribution in [2.45, 2.75) is 19.5 Å². The number of nitro benzene ring substituents is 1. The highest BCUT2D eigenvalue weighted by Gasteiger charge is 2.14. The lowest BCUT2D eigenvalue weighted by molar-refractivity contribution is -0.387. The van der Waals surface area contributed by atoms with E-state index in [1.54, 1.807) is 12.1 Å². The number of benzene rings is 2. The third-order valence-electron chi connectivity index (χ3n) is 3.19. The predicted octanol–water partition coefficient (Wildman–Crippen LogP) is 3.72. The van der Waals surface area contributed by atoms with E-state index in [1.807, 2.05) is 6.92 Å². The van der Waals surface area contributed by atoms with Gasteiger partial charge in [-0.3, -0.25) is 10.1 Å². The summed E-state index contributed by atoms with van der Waals surface area (Å²) in [4.78, 5) is 9.77. The molecule has 1 N–H and O–H groups in total. The molecule has 0 bridgehead atoms. The van der Waals surface area contributed by atoms with E-state index in [0.29, 0.717) is 12.1 Å². The summed E-state index contributed by atoms with van der Waals surface area (Å²) in [6.45, 7) is 2.25. The summed E-state index contributed by atoms with van der Waals surface area (Å²) in [6.07, 6.45) is 0. The highest BCUT2D eigenvalue weighted by molar-refractivity contribution is 5.35. The van der Waals surface area contributed by atoms with Crippen LogP contribution in [0, 0.1) is 21.7 Å². The minimum Gasteiger partial charge on any atom is -0.306 e. The van der Waals surface area contributed by atoms with E-state index >= 15 is 0 Å². The quantitative estimate of drug-likeness (QED) is 0.675. The van der Waals surface area contributed by atoms with Crippen LogP contribution in [-0.2, 0) is 6.54 Å². The van der Waals surface area contributed by atoms with E-state index in [-0.39, 0.29) is 11.9 Å². The number of nitrogens with one attached hydrogen (secondary N) is 1. The Labute approximate surface area is 120 Å². The van der Waals surface area contributed by atoms with Gasteiger partial charge in [-0.1, -0.05) is 18.2 Å². The average Bonchev–Trinajstić information content (AvgIpc) is 2.45. The van der Waals surface area contributed by atoms with Gasteiger partial charge in [0.25, 0.3) is 0 Å². The van der Waals surface area contributed by atoms with Gasteiger partial charge in [-0.2, -0.15) is 4.39 Å². The summed E-state index contributed by atoms with van der Waals surface area (Å²) in [5.74, 6) is -1.16. The van der Waals surface area contributed by atoms with Crippen LogP contribution in [0.25, 0.3) is 0 Å². The van der Waals surface area contributed by atoms with Crippen LogP contribution < -0.4 is 5.32 Å². The molecule has 0 aliphatic carbocycles. The Hall–Kier alpha value is -2.34. The standard InChI is InChI=1S/C15H14F2N2O2/c1-10(12-3-5-13(16)6-4-12)18-9-11-2-7-15(19(20)21)14(17)8-11/h2-8,10,18H,9H2,1H3/t10-/m1/s1. The van der Waals surface area contributed by atoms with E-state index < -0.39 is 16.4 Å². The Balaban J connectivity index is 2.01. The van der Waals surface area contributed by atoms with Gasteiger partial charge in [-0.15, -0.1) is 0 Å². The lowest BCUT2D eigenvalue weighted by Gasteiger charge is -2.14. The van der Waals surface area contributed by atoms with E-state index in [0.717, 1.165) is 17.7 Å². The molecule has 0 spiro atoms. The molecule has 0 aromatic heterocycles. The first kappa shape index (κ1) is 15.1. The first-order valence-electron chi connectivity index (χ1n) is 6.39. The Morgan fingerprint density at radius 2 is 1.86 bits per heavy atom. The van der Waals surface area contributed by atoms with Crippen LogP contribution in [-0.4, -0.2) is 4.92 Å². The Kier molecular flexibility index (Phi) is 4.59. The van der Waals surface area contributed by atoms with Gasteiger partial charge in [0.15, 0.2) is 0 Å². The van der Waals surface area contributed by atoms with Crippen molar-refractivity contribution < 1.29 is 13.7 Å². The van der Waals surface area contributed by atoms with E-state index in [4.69, 9.17) is 0 Å². The zero-order valence-corrected chi connectivity index (χ0v) is 11.3. The first-order valence-corrected chi connectivity index (χ1v) is 6.39. The monoisotopic (exact) mass is 292 g/mol. The fourth-order valence-corrected chi connectivity index (χ4v) is 1.95. The second kappa shape index (κ2) is 6.41. The molecule has 0 radical (unpaired) electrons. The number of nitrogens with zero attached hydrogens (tertiary/aromatic N) is 1. The second-order valence-electron chi connectivity index (χ2n) is 4.70. The molecule has 0 saturated carbocycles. The summed E-state index contributed by atoms with van der Waals surface area (Å²) in [5, 5.41) is 13.7. The van der Waals surface area contributed by atoms with Gasteiger partial charge in [0.05, 0.1) is 4.92 Å². The highest BCUT2D eigenvalue weighted by atomic mass is 19.1. The van der Waals surface area contributed by atoms with Crippen molar-refractivity contribution in [3.05, 3.63) is 75.3 Å². The van der Waals surface area contributed by atoms with Gasteiger partial charge in [0.2, 0.25) is 5.82 Å². The first-order chi connectivity index (χ1) is 9.97. The molecule has 2 rings (SSSR count). The van der Waals surface area contributed by atoms with Gasteiger partial charge < -0.3 is 5.32 Å². The van der Waals surface area contributed by atoms with Crippen molar-refractivity contribution in [3.8, 4) is 0 Å². The highest BCUT2D eigenvalue weighted by Crippen LogP contribution is 2.19. The maximum Gasteiger partial charge on any atom is 0.304 e. The van der Waals surface area contributed by atoms with Crippen LogP contribution in [0.1, 0.15) is 24.1 Å². The number of halogens is 2. The molecule has 0 aliphatic rings. The smallest absolute Gasteiger partial charge is 0.304 e. The van der Waals surface area contributed by atoms with Crippen molar-refractivity contribution in [2.24, 2.45) is 0 Å². The van der Waals surface area contributed by atoms with E-state index in [2.05, 4.69) is 5.32 Å². The molecule has 0 aliphatic heterocycles. The van der Waals surface area contributed by atoms with E-state index in [1.165, 1.54) is 18.2 Å². The van der Waals surface area contributed by atoms with Crippen molar-refractivity contribution in [3.63, 3.8) is 0 Å². The minimum absolute atomic E-state index is 0.0520. The molecule has 2 aromatic carbocycles. The summed E-state index contributed by atoms with van der Waals surface area (Å²) >= 11 is 0. The second-order valence-corrected chi connectivity index (χ2v) is 4.70. The summed E-state index contributed by atoms with van der Waals surface area (Å²) in [5.41, 5.74) is 0.969. The molecule has 1 atom stereocenters. The molecule has 21 heavy (non-hydrogen) atoms. The van der Waals surface area contributed by atoms with Gasteiger partial charge in [-0.05, 0) is 36.2 Å². The average molecular weight is 292 g/mol. The number of nitro groups is 1. The van der Waals surface area contributed by atoms with Gasteiger partial charge in [-0.25, -0.2) is 4.39 Å². The molecule has 6 heteroatoms. The summed E-state index contributed by atoms with van der Waals surface area (Å²) in [6, 6.07) is 9.83. The minimum atomic E-state index is -0.853. The molecular weight excluding hydrogens is 278 g/mol. The fourth-order valence-electron chi connectivity index (χ4n) is 1.95. The summed E-state index contributed by atoms with van der Waals surface area (Å²) < 4.78 is 26.3. The number of rotatable bonds is 5. The molecule has 4 nitrogen and oxygen atoms in total. The predicted molar refractivity (Wildman–Crippen MR) is 74.7 cm³/mol. The normalized spacial score (nSPS) is 12.1. The molecule has 0 unspecified atom stereocenters. The SMILES string of the molecule is C[C@@H](NCc1ccc([N+](=O)[O-])c(F)c1)c1ccc(F)cc1. The largest absolute Gasteiger partial charge is 0.306 e. The van der Waals surface area contributed by atoms with Crippen LogP contribution in [0.4, 0.5) is 14.5 Å². The lowest BCUT2D eigenvalue weighted by atomic mass is 10.1. The molecule has 0 amide bonds. The van der Waals surface area contributed by atoms with Crippen LogP contribution in [0.2, 0.25) is 0 Å². The topological polar surface area (TPSA) is 55.2 Å². The zero-order chi connectivity index (χ0) is 15.4. The van der Waals surface area contributed by atoms with Crippen LogP contribution in [0.15, 0.2) is 42.5 Å². The third-order valence-corrected chi connectivity index (χ3v) is 3.19. The van der Waals surface area contributed by atoms with Crippen molar-refractivity contribution >= 4 is 5.69 Å². The fraction of sp³-hybridized carbons (Fsp3) is 0.200. The van der Waals surface area contributed by atoms with Gasteiger partial charge in [0, 0.05) is 18.7 Å². The van der Waals surface area contributed by atoms with Crippen molar-refractivity contribution in [1.29, 1.82) is 0 Å². The van der Waals surface area contributed by atoms with E-state index in [9.17, 15) is 18.9 Å². The maximum atomic E-state index is 13.5. The van der Waals surface area contributed by atoms with Crippen LogP contribution >= 0.6 is 0 Å². The molecule has 0 heterocycles. The Morgan fingerprint density at radius 1 is 1.19 bits per heavy atom. The third kappa shape index (κ3) is 3.82. The van der Waals surface area contributed by atoms with Crippen molar-refractivity contribution in [1.82, 2.24) is 5.32 Å². The van der Waals surface area contributed by atoms with Crippen molar-refractivity contribution in [2.75, 3.05) is 0 Å². The molecular formula is C15H14F2N2O2. The Bertz CT molecular complexity index is 645. The molecule has 110 valence electrons. The van der Waals surface area contributed by atoms with Crippen LogP contribution in [0.3, 0.4) is 0 Å².